The molecule has 2 aromatic rings. The van der Waals surface area contributed by atoms with E-state index in [1.54, 1.807) is 7.11 Å². The Hall–Kier alpha value is -2.11. The van der Waals surface area contributed by atoms with Gasteiger partial charge >= 0.3 is 6.09 Å². The van der Waals surface area contributed by atoms with Gasteiger partial charge in [-0.2, -0.15) is 19.6 Å². The van der Waals surface area contributed by atoms with Crippen LogP contribution in [0.3, 0.4) is 0 Å². The fraction of sp³-hybridized carbons (Fsp3) is 0.435. The summed E-state index contributed by atoms with van der Waals surface area (Å²) in [5.74, 6) is 0.123. The molecule has 1 amide bonds. The third-order valence-electron chi connectivity index (χ3n) is 5.32. The highest BCUT2D eigenvalue weighted by Crippen LogP contribution is 2.40. The van der Waals surface area contributed by atoms with E-state index >= 15 is 0 Å². The Balaban J connectivity index is 1.80. The van der Waals surface area contributed by atoms with Gasteiger partial charge in [0, 0.05) is 19.1 Å². The van der Waals surface area contributed by atoms with Crippen LogP contribution < -0.4 is 5.32 Å². The number of fused-ring (bicyclic) bond motifs is 1. The number of methoxy groups -OCH3 is 1. The predicted molar refractivity (Wildman–Crippen MR) is 116 cm³/mol. The average Bonchev–Trinajstić information content (AvgIpc) is 3.00. The zero-order valence-electron chi connectivity index (χ0n) is 17.3. The largest absolute Gasteiger partial charge is 0.453 e. The standard InChI is InChI=1S/C23H31NO3Si/c1-26-16-18-11-8-12-19-20(18)15-21(22(19)17-9-6-5-7-10-17)24-23(25)27-13-14-28(2,3)4/h5-12,21-22H,13-16H2,1-4H3,(H,24,25)/q-1/t21-,22-/m1/s1. The first-order chi connectivity index (χ1) is 13.4. The van der Waals surface area contributed by atoms with Gasteiger partial charge in [0.2, 0.25) is 0 Å². The third-order valence-corrected chi connectivity index (χ3v) is 7.02. The van der Waals surface area contributed by atoms with Crippen LogP contribution in [0.1, 0.15) is 28.2 Å². The second-order valence-corrected chi connectivity index (χ2v) is 14.3. The van der Waals surface area contributed by atoms with Gasteiger partial charge in [0.05, 0.1) is 13.2 Å². The third kappa shape index (κ3) is 5.03. The molecule has 1 N–H and O–H groups in total. The van der Waals surface area contributed by atoms with E-state index in [1.165, 1.54) is 22.3 Å². The molecular formula is C23H31NO3Si-. The van der Waals surface area contributed by atoms with Crippen LogP contribution in [0.25, 0.3) is 0 Å². The first-order valence-corrected chi connectivity index (χ1v) is 13.7. The fourth-order valence-electron chi connectivity index (χ4n) is 3.89. The SMILES string of the molecule is COCc1cccc2c1C[C@@H](NC(=O)OCC[Si-](C)(C)C)[C@@H]2c1ccccc1. The van der Waals surface area contributed by atoms with Crippen LogP contribution in [-0.4, -0.2) is 33.9 Å². The fourth-order valence-corrected chi connectivity index (χ4v) is 4.60. The van der Waals surface area contributed by atoms with E-state index in [1.807, 2.05) is 6.07 Å². The Kier molecular flexibility index (Phi) is 6.57. The van der Waals surface area contributed by atoms with Gasteiger partial charge in [-0.3, -0.25) is 0 Å². The Labute approximate surface area is 169 Å². The monoisotopic (exact) mass is 397 g/mol. The molecular weight excluding hydrogens is 366 g/mol. The number of hydrogen-bond donors (Lipinski definition) is 1. The van der Waals surface area contributed by atoms with Crippen molar-refractivity contribution < 1.29 is 14.3 Å². The molecule has 151 valence electrons. The van der Waals surface area contributed by atoms with Crippen LogP contribution in [0.2, 0.25) is 25.7 Å². The van der Waals surface area contributed by atoms with Crippen LogP contribution in [0.15, 0.2) is 48.5 Å². The second-order valence-electron chi connectivity index (χ2n) is 8.71. The minimum Gasteiger partial charge on any atom is -0.453 e. The maximum Gasteiger partial charge on any atom is 0.407 e. The van der Waals surface area contributed by atoms with E-state index in [9.17, 15) is 4.79 Å². The quantitative estimate of drug-likeness (QED) is 0.672. The smallest absolute Gasteiger partial charge is 0.407 e. The van der Waals surface area contributed by atoms with Crippen LogP contribution in [0, 0.1) is 0 Å². The highest BCUT2D eigenvalue weighted by Gasteiger charge is 2.36. The zero-order chi connectivity index (χ0) is 20.1. The summed E-state index contributed by atoms with van der Waals surface area (Å²) >= 11 is 0. The molecule has 0 saturated heterocycles. The van der Waals surface area contributed by atoms with E-state index in [2.05, 4.69) is 67.4 Å². The van der Waals surface area contributed by atoms with Crippen molar-refractivity contribution >= 4 is 14.2 Å². The van der Waals surface area contributed by atoms with Crippen LogP contribution in [-0.2, 0) is 22.5 Å². The van der Waals surface area contributed by atoms with Crippen molar-refractivity contribution in [3.05, 3.63) is 70.8 Å². The summed E-state index contributed by atoms with van der Waals surface area (Å²) in [6.07, 6.45) is 0.475. The van der Waals surface area contributed by atoms with Gasteiger partial charge in [-0.1, -0.05) is 48.5 Å². The molecule has 0 fully saturated rings. The molecule has 28 heavy (non-hydrogen) atoms. The molecule has 2 aromatic carbocycles. The first-order valence-electron chi connectivity index (χ1n) is 9.97. The highest BCUT2D eigenvalue weighted by molar-refractivity contribution is 6.76. The maximum atomic E-state index is 12.5. The summed E-state index contributed by atoms with van der Waals surface area (Å²) < 4.78 is 10.9. The number of hydrogen-bond acceptors (Lipinski definition) is 3. The number of carbonyl (C=O) groups is 1. The minimum atomic E-state index is -1.22. The molecule has 2 atom stereocenters. The Morgan fingerprint density at radius 3 is 2.54 bits per heavy atom. The molecule has 1 aliphatic carbocycles. The van der Waals surface area contributed by atoms with E-state index in [0.717, 1.165) is 12.5 Å². The van der Waals surface area contributed by atoms with Gasteiger partial charge in [-0.15, -0.1) is 14.1 Å². The molecule has 3 rings (SSSR count). The summed E-state index contributed by atoms with van der Waals surface area (Å²) in [5.41, 5.74) is 4.96. The molecule has 0 heterocycles. The number of alkyl carbamates (subject to hydrolysis) is 1. The van der Waals surface area contributed by atoms with Crippen molar-refractivity contribution in [3.63, 3.8) is 0 Å². The van der Waals surface area contributed by atoms with Gasteiger partial charge in [-0.05, 0) is 28.7 Å². The molecule has 5 heteroatoms. The van der Waals surface area contributed by atoms with E-state index in [4.69, 9.17) is 9.47 Å². The predicted octanol–water partition coefficient (Wildman–Crippen LogP) is 4.95. The van der Waals surface area contributed by atoms with Crippen LogP contribution >= 0.6 is 0 Å². The number of benzene rings is 2. The number of rotatable bonds is 7. The van der Waals surface area contributed by atoms with Crippen LogP contribution in [0.5, 0.6) is 0 Å². The number of ether oxygens (including phenoxy) is 2. The summed E-state index contributed by atoms with van der Waals surface area (Å²) in [6.45, 7) is 7.92. The lowest BCUT2D eigenvalue weighted by molar-refractivity contribution is 0.147. The van der Waals surface area contributed by atoms with Crippen LogP contribution in [0.4, 0.5) is 4.79 Å². The summed E-state index contributed by atoms with van der Waals surface area (Å²) in [4.78, 5) is 12.5. The maximum absolute atomic E-state index is 12.5. The molecule has 0 spiro atoms. The molecule has 0 aromatic heterocycles. The molecule has 0 saturated carbocycles. The van der Waals surface area contributed by atoms with Gasteiger partial charge in [0.15, 0.2) is 0 Å². The lowest BCUT2D eigenvalue weighted by Crippen LogP contribution is -2.39. The molecule has 0 radical (unpaired) electrons. The van der Waals surface area contributed by atoms with Crippen molar-refractivity contribution in [1.29, 1.82) is 0 Å². The van der Waals surface area contributed by atoms with E-state index in [0.29, 0.717) is 13.2 Å². The van der Waals surface area contributed by atoms with Crippen molar-refractivity contribution in [2.45, 2.75) is 50.7 Å². The Morgan fingerprint density at radius 1 is 1.11 bits per heavy atom. The average molecular weight is 398 g/mol. The molecule has 0 aliphatic heterocycles. The number of nitrogens with one attached hydrogen (secondary N) is 1. The number of amides is 1. The Bertz CT molecular complexity index is 801. The zero-order valence-corrected chi connectivity index (χ0v) is 18.3. The molecule has 0 bridgehead atoms. The second kappa shape index (κ2) is 8.93. The van der Waals surface area contributed by atoms with Gasteiger partial charge < -0.3 is 14.8 Å². The van der Waals surface area contributed by atoms with Gasteiger partial charge in [0.25, 0.3) is 0 Å². The van der Waals surface area contributed by atoms with Crippen molar-refractivity contribution in [1.82, 2.24) is 5.32 Å². The van der Waals surface area contributed by atoms with Gasteiger partial charge in [0.1, 0.15) is 0 Å². The highest BCUT2D eigenvalue weighted by atomic mass is 28.3. The lowest BCUT2D eigenvalue weighted by Gasteiger charge is -2.27. The van der Waals surface area contributed by atoms with Crippen molar-refractivity contribution in [2.75, 3.05) is 13.7 Å². The topological polar surface area (TPSA) is 47.6 Å². The summed E-state index contributed by atoms with van der Waals surface area (Å²) in [6, 6.07) is 17.7. The van der Waals surface area contributed by atoms with E-state index < -0.39 is 8.07 Å². The molecule has 1 aliphatic rings. The van der Waals surface area contributed by atoms with Gasteiger partial charge in [-0.25, -0.2) is 4.79 Å². The summed E-state index contributed by atoms with van der Waals surface area (Å²) in [5, 5.41) is 3.14. The van der Waals surface area contributed by atoms with Crippen molar-refractivity contribution in [2.24, 2.45) is 0 Å². The molecule has 4 nitrogen and oxygen atoms in total. The normalized spacial score (nSPS) is 18.6. The van der Waals surface area contributed by atoms with E-state index in [-0.39, 0.29) is 18.1 Å². The lowest BCUT2D eigenvalue weighted by atomic mass is 9.90. The first kappa shape index (κ1) is 20.6. The summed E-state index contributed by atoms with van der Waals surface area (Å²) in [7, 11) is 0.495. The Morgan fingerprint density at radius 2 is 1.86 bits per heavy atom. The minimum absolute atomic E-state index is 0.0187. The van der Waals surface area contributed by atoms with Crippen molar-refractivity contribution in [3.8, 4) is 0 Å². The number of carbonyl (C=O) groups excluding carboxylic acids is 1. The molecule has 0 unspecified atom stereocenters.